The van der Waals surface area contributed by atoms with Crippen molar-refractivity contribution in [3.05, 3.63) is 41.3 Å². The fourth-order valence-corrected chi connectivity index (χ4v) is 3.54. The molecule has 0 saturated carbocycles. The number of anilines is 1. The topological polar surface area (TPSA) is 38.3 Å². The maximum atomic E-state index is 12.3. The van der Waals surface area contributed by atoms with Crippen molar-refractivity contribution in [1.29, 1.82) is 0 Å². The Hall–Kier alpha value is -1.65. The standard InChI is InChI=1S/C17H19NO2S/c1-12-7-10-21-16(12)14-3-2-4-15(11-14)18-17(19)13-5-8-20-9-6-13/h2-4,7,10-11,13H,5-6,8-9H2,1H3,(H,18,19). The van der Waals surface area contributed by atoms with E-state index in [9.17, 15) is 4.79 Å². The van der Waals surface area contributed by atoms with E-state index in [0.29, 0.717) is 13.2 Å². The van der Waals surface area contributed by atoms with Gasteiger partial charge < -0.3 is 10.1 Å². The normalized spacial score (nSPS) is 15.9. The van der Waals surface area contributed by atoms with Gasteiger partial charge in [0.25, 0.3) is 0 Å². The van der Waals surface area contributed by atoms with Crippen LogP contribution in [0.2, 0.25) is 0 Å². The Bertz CT molecular complexity index is 629. The number of amides is 1. The van der Waals surface area contributed by atoms with Crippen LogP contribution in [-0.2, 0) is 9.53 Å². The number of ether oxygens (including phenoxy) is 1. The molecule has 3 nitrogen and oxygen atoms in total. The van der Waals surface area contributed by atoms with E-state index in [0.717, 1.165) is 24.1 Å². The summed E-state index contributed by atoms with van der Waals surface area (Å²) in [7, 11) is 0. The first-order chi connectivity index (χ1) is 10.2. The van der Waals surface area contributed by atoms with Crippen molar-refractivity contribution < 1.29 is 9.53 Å². The van der Waals surface area contributed by atoms with Gasteiger partial charge in [-0.25, -0.2) is 0 Å². The predicted molar refractivity (Wildman–Crippen MR) is 86.7 cm³/mol. The van der Waals surface area contributed by atoms with Crippen molar-refractivity contribution in [2.45, 2.75) is 19.8 Å². The number of carbonyl (C=O) groups is 1. The highest BCUT2D eigenvalue weighted by Gasteiger charge is 2.21. The third kappa shape index (κ3) is 3.34. The van der Waals surface area contributed by atoms with E-state index < -0.39 is 0 Å². The summed E-state index contributed by atoms with van der Waals surface area (Å²) in [6.07, 6.45) is 1.63. The van der Waals surface area contributed by atoms with Crippen LogP contribution in [0.4, 0.5) is 5.69 Å². The van der Waals surface area contributed by atoms with Crippen molar-refractivity contribution in [3.8, 4) is 10.4 Å². The van der Waals surface area contributed by atoms with Gasteiger partial charge >= 0.3 is 0 Å². The summed E-state index contributed by atoms with van der Waals surface area (Å²) in [4.78, 5) is 13.5. The van der Waals surface area contributed by atoms with Crippen molar-refractivity contribution in [1.82, 2.24) is 0 Å². The number of hydrogen-bond acceptors (Lipinski definition) is 3. The van der Waals surface area contributed by atoms with Gasteiger partial charge in [-0.1, -0.05) is 12.1 Å². The zero-order valence-corrected chi connectivity index (χ0v) is 12.9. The van der Waals surface area contributed by atoms with Gasteiger partial charge in [-0.3, -0.25) is 4.79 Å². The van der Waals surface area contributed by atoms with Crippen LogP contribution in [-0.4, -0.2) is 19.1 Å². The molecule has 1 fully saturated rings. The predicted octanol–water partition coefficient (Wildman–Crippen LogP) is 4.09. The van der Waals surface area contributed by atoms with Gasteiger partial charge in [0.15, 0.2) is 0 Å². The van der Waals surface area contributed by atoms with Gasteiger partial charge in [0.1, 0.15) is 0 Å². The fraction of sp³-hybridized carbons (Fsp3) is 0.353. The fourth-order valence-electron chi connectivity index (χ4n) is 2.61. The Labute approximate surface area is 129 Å². The second-order valence-electron chi connectivity index (χ2n) is 5.39. The lowest BCUT2D eigenvalue weighted by molar-refractivity contribution is -0.122. The van der Waals surface area contributed by atoms with E-state index >= 15 is 0 Å². The van der Waals surface area contributed by atoms with Crippen LogP contribution in [0.1, 0.15) is 18.4 Å². The molecule has 0 bridgehead atoms. The summed E-state index contributed by atoms with van der Waals surface area (Å²) in [5, 5.41) is 5.14. The third-order valence-corrected chi connectivity index (χ3v) is 4.91. The van der Waals surface area contributed by atoms with Crippen LogP contribution in [0.15, 0.2) is 35.7 Å². The van der Waals surface area contributed by atoms with E-state index in [1.54, 1.807) is 11.3 Å². The van der Waals surface area contributed by atoms with Crippen molar-refractivity contribution in [3.63, 3.8) is 0 Å². The molecular formula is C17H19NO2S. The molecule has 1 amide bonds. The molecule has 1 aliphatic heterocycles. The van der Waals surface area contributed by atoms with Gasteiger partial charge in [0.05, 0.1) is 0 Å². The lowest BCUT2D eigenvalue weighted by Crippen LogP contribution is -2.28. The molecule has 21 heavy (non-hydrogen) atoms. The summed E-state index contributed by atoms with van der Waals surface area (Å²) in [5.41, 5.74) is 3.30. The first kappa shape index (κ1) is 14.3. The Balaban J connectivity index is 1.74. The highest BCUT2D eigenvalue weighted by atomic mass is 32.1. The number of hydrogen-bond donors (Lipinski definition) is 1. The molecule has 4 heteroatoms. The summed E-state index contributed by atoms with van der Waals surface area (Å²) in [5.74, 6) is 0.184. The Morgan fingerprint density at radius 1 is 1.29 bits per heavy atom. The van der Waals surface area contributed by atoms with Crippen LogP contribution < -0.4 is 5.32 Å². The molecule has 0 unspecified atom stereocenters. The molecular weight excluding hydrogens is 282 g/mol. The van der Waals surface area contributed by atoms with Gasteiger partial charge in [0, 0.05) is 29.7 Å². The first-order valence-electron chi connectivity index (χ1n) is 7.27. The molecule has 0 spiro atoms. The molecule has 3 rings (SSSR count). The Morgan fingerprint density at radius 2 is 2.10 bits per heavy atom. The minimum absolute atomic E-state index is 0.0749. The van der Waals surface area contributed by atoms with E-state index in [4.69, 9.17) is 4.74 Å². The maximum absolute atomic E-state index is 12.3. The second kappa shape index (κ2) is 6.41. The third-order valence-electron chi connectivity index (χ3n) is 3.85. The summed E-state index contributed by atoms with van der Waals surface area (Å²) >= 11 is 1.73. The smallest absolute Gasteiger partial charge is 0.227 e. The molecule has 0 aliphatic carbocycles. The van der Waals surface area contributed by atoms with Crippen molar-refractivity contribution in [2.75, 3.05) is 18.5 Å². The molecule has 0 atom stereocenters. The van der Waals surface area contributed by atoms with Gasteiger partial charge in [-0.05, 0) is 54.5 Å². The highest BCUT2D eigenvalue weighted by molar-refractivity contribution is 7.13. The summed E-state index contributed by atoms with van der Waals surface area (Å²) < 4.78 is 5.30. The number of carbonyl (C=O) groups excluding carboxylic acids is 1. The van der Waals surface area contributed by atoms with Crippen LogP contribution >= 0.6 is 11.3 Å². The number of rotatable bonds is 3. The molecule has 1 N–H and O–H groups in total. The van der Waals surface area contributed by atoms with Gasteiger partial charge in [0.2, 0.25) is 5.91 Å². The Morgan fingerprint density at radius 3 is 2.81 bits per heavy atom. The second-order valence-corrected chi connectivity index (χ2v) is 6.31. The van der Waals surface area contributed by atoms with E-state index in [-0.39, 0.29) is 11.8 Å². The quantitative estimate of drug-likeness (QED) is 0.927. The van der Waals surface area contributed by atoms with Crippen molar-refractivity contribution in [2.24, 2.45) is 5.92 Å². The van der Waals surface area contributed by atoms with E-state index in [1.165, 1.54) is 10.4 Å². The SMILES string of the molecule is Cc1ccsc1-c1cccc(NC(=O)C2CCOCC2)c1. The monoisotopic (exact) mass is 301 g/mol. The molecule has 1 aliphatic rings. The molecule has 2 heterocycles. The van der Waals surface area contributed by atoms with Gasteiger partial charge in [-0.2, -0.15) is 0 Å². The average Bonchev–Trinajstić information content (AvgIpc) is 2.94. The van der Waals surface area contributed by atoms with E-state index in [1.807, 2.05) is 12.1 Å². The van der Waals surface area contributed by atoms with E-state index in [2.05, 4.69) is 35.8 Å². The first-order valence-corrected chi connectivity index (χ1v) is 8.15. The zero-order valence-electron chi connectivity index (χ0n) is 12.1. The highest BCUT2D eigenvalue weighted by Crippen LogP contribution is 2.30. The number of thiophene rings is 1. The number of aryl methyl sites for hydroxylation is 1. The van der Waals surface area contributed by atoms with Crippen LogP contribution in [0, 0.1) is 12.8 Å². The molecule has 110 valence electrons. The number of nitrogens with one attached hydrogen (secondary N) is 1. The molecule has 1 aromatic heterocycles. The lowest BCUT2D eigenvalue weighted by atomic mass is 9.99. The Kier molecular flexibility index (Phi) is 4.36. The molecule has 1 saturated heterocycles. The maximum Gasteiger partial charge on any atom is 0.227 e. The minimum atomic E-state index is 0.0749. The molecule has 2 aromatic rings. The molecule has 1 aromatic carbocycles. The number of benzene rings is 1. The van der Waals surface area contributed by atoms with Crippen LogP contribution in [0.25, 0.3) is 10.4 Å². The lowest BCUT2D eigenvalue weighted by Gasteiger charge is -2.21. The zero-order chi connectivity index (χ0) is 14.7. The van der Waals surface area contributed by atoms with Gasteiger partial charge in [-0.15, -0.1) is 11.3 Å². The largest absolute Gasteiger partial charge is 0.381 e. The average molecular weight is 301 g/mol. The van der Waals surface area contributed by atoms with Crippen LogP contribution in [0.3, 0.4) is 0 Å². The van der Waals surface area contributed by atoms with Crippen LogP contribution in [0.5, 0.6) is 0 Å². The van der Waals surface area contributed by atoms with Crippen molar-refractivity contribution >= 4 is 22.9 Å². The minimum Gasteiger partial charge on any atom is -0.381 e. The molecule has 0 radical (unpaired) electrons. The summed E-state index contributed by atoms with van der Waals surface area (Å²) in [6, 6.07) is 10.2. The summed E-state index contributed by atoms with van der Waals surface area (Å²) in [6.45, 7) is 3.48.